The Hall–Kier alpha value is -1.66. The number of amides is 1. The van der Waals surface area contributed by atoms with Gasteiger partial charge in [0.2, 0.25) is 5.56 Å². The van der Waals surface area contributed by atoms with Crippen molar-refractivity contribution < 1.29 is 9.53 Å². The van der Waals surface area contributed by atoms with Gasteiger partial charge in [0.1, 0.15) is 0 Å². The molecule has 2 saturated heterocycles. The number of hydrogen-bond acceptors (Lipinski definition) is 4. The number of aromatic amines is 1. The van der Waals surface area contributed by atoms with Gasteiger partial charge in [-0.2, -0.15) is 0 Å². The molecule has 0 saturated carbocycles. The molecule has 138 valence electrons. The van der Waals surface area contributed by atoms with E-state index in [0.717, 1.165) is 25.3 Å². The highest BCUT2D eigenvalue weighted by Crippen LogP contribution is 2.16. The van der Waals surface area contributed by atoms with Crippen molar-refractivity contribution in [2.75, 3.05) is 39.3 Å². The van der Waals surface area contributed by atoms with E-state index in [1.165, 1.54) is 38.4 Å². The molecule has 6 heteroatoms. The normalized spacial score (nSPS) is 21.6. The highest BCUT2D eigenvalue weighted by atomic mass is 16.5. The first-order valence-electron chi connectivity index (χ1n) is 9.52. The molecule has 1 aromatic rings. The molecule has 2 fully saturated rings. The Morgan fingerprint density at radius 3 is 2.80 bits per heavy atom. The Morgan fingerprint density at radius 2 is 2.04 bits per heavy atom. The van der Waals surface area contributed by atoms with E-state index in [0.29, 0.717) is 25.1 Å². The minimum atomic E-state index is -0.212. The van der Waals surface area contributed by atoms with Crippen LogP contribution in [0.3, 0.4) is 0 Å². The van der Waals surface area contributed by atoms with Gasteiger partial charge in [0, 0.05) is 37.0 Å². The summed E-state index contributed by atoms with van der Waals surface area (Å²) in [4.78, 5) is 31.4. The molecule has 25 heavy (non-hydrogen) atoms. The quantitative estimate of drug-likeness (QED) is 0.850. The van der Waals surface area contributed by atoms with Gasteiger partial charge in [0.25, 0.3) is 5.91 Å². The zero-order chi connectivity index (χ0) is 17.6. The number of ether oxygens (including phenoxy) is 1. The second-order valence-electron chi connectivity index (χ2n) is 7.05. The lowest BCUT2D eigenvalue weighted by Crippen LogP contribution is -2.34. The molecule has 1 atom stereocenters. The predicted octanol–water partition coefficient (Wildman–Crippen LogP) is 1.65. The Morgan fingerprint density at radius 1 is 1.24 bits per heavy atom. The third-order valence-electron chi connectivity index (χ3n) is 5.17. The SMILES string of the molecule is CCc1cc(C(=O)N2CC[C@H](OCCN3CCCCC3)C2)cc(=O)[nH]1. The predicted molar refractivity (Wildman–Crippen MR) is 97.0 cm³/mol. The molecule has 0 aliphatic carbocycles. The fourth-order valence-electron chi connectivity index (χ4n) is 3.68. The summed E-state index contributed by atoms with van der Waals surface area (Å²) < 4.78 is 5.99. The molecule has 0 radical (unpaired) electrons. The van der Waals surface area contributed by atoms with Crippen molar-refractivity contribution in [3.63, 3.8) is 0 Å². The second-order valence-corrected chi connectivity index (χ2v) is 7.05. The van der Waals surface area contributed by atoms with Crippen molar-refractivity contribution in [1.82, 2.24) is 14.8 Å². The highest BCUT2D eigenvalue weighted by molar-refractivity contribution is 5.94. The average Bonchev–Trinajstić information content (AvgIpc) is 3.10. The number of hydrogen-bond donors (Lipinski definition) is 1. The fourth-order valence-corrected chi connectivity index (χ4v) is 3.68. The maximum atomic E-state index is 12.6. The molecule has 0 spiro atoms. The van der Waals surface area contributed by atoms with E-state index in [2.05, 4.69) is 9.88 Å². The number of nitrogens with zero attached hydrogens (tertiary/aromatic N) is 2. The monoisotopic (exact) mass is 347 g/mol. The van der Waals surface area contributed by atoms with Crippen LogP contribution in [-0.2, 0) is 11.2 Å². The Kier molecular flexibility index (Phi) is 6.26. The summed E-state index contributed by atoms with van der Waals surface area (Å²) in [6, 6.07) is 3.18. The van der Waals surface area contributed by atoms with E-state index in [9.17, 15) is 9.59 Å². The smallest absolute Gasteiger partial charge is 0.254 e. The number of aromatic nitrogens is 1. The fraction of sp³-hybridized carbons (Fsp3) is 0.684. The van der Waals surface area contributed by atoms with E-state index in [4.69, 9.17) is 4.74 Å². The minimum absolute atomic E-state index is 0.0667. The molecule has 3 rings (SSSR count). The first-order chi connectivity index (χ1) is 12.2. The topological polar surface area (TPSA) is 65.6 Å². The van der Waals surface area contributed by atoms with Crippen LogP contribution in [0.1, 0.15) is 48.7 Å². The van der Waals surface area contributed by atoms with E-state index in [-0.39, 0.29) is 17.6 Å². The highest BCUT2D eigenvalue weighted by Gasteiger charge is 2.28. The van der Waals surface area contributed by atoms with E-state index >= 15 is 0 Å². The number of aryl methyl sites for hydroxylation is 1. The number of pyridine rings is 1. The molecule has 2 aliphatic heterocycles. The summed E-state index contributed by atoms with van der Waals surface area (Å²) in [5, 5.41) is 0. The van der Waals surface area contributed by atoms with Crippen molar-refractivity contribution in [2.24, 2.45) is 0 Å². The standard InChI is InChI=1S/C19H29N3O3/c1-2-16-12-15(13-18(23)20-16)19(24)22-9-6-17(14-22)25-11-10-21-7-4-3-5-8-21/h12-13,17H,2-11,14H2,1H3,(H,20,23)/t17-/m0/s1. The number of rotatable bonds is 6. The van der Waals surface area contributed by atoms with Gasteiger partial charge in [-0.25, -0.2) is 0 Å². The number of piperidine rings is 1. The molecule has 1 amide bonds. The molecule has 0 aromatic carbocycles. The zero-order valence-electron chi connectivity index (χ0n) is 15.1. The molecule has 2 aliphatic rings. The summed E-state index contributed by atoms with van der Waals surface area (Å²) in [6.45, 7) is 7.36. The van der Waals surface area contributed by atoms with Crippen LogP contribution in [-0.4, -0.2) is 66.1 Å². The first kappa shape index (κ1) is 18.1. The molecule has 0 unspecified atom stereocenters. The number of likely N-dealkylation sites (tertiary alicyclic amines) is 2. The van der Waals surface area contributed by atoms with Crippen molar-refractivity contribution in [1.29, 1.82) is 0 Å². The average molecular weight is 347 g/mol. The molecule has 3 heterocycles. The molecular formula is C19H29N3O3. The lowest BCUT2D eigenvalue weighted by molar-refractivity contribution is 0.0379. The van der Waals surface area contributed by atoms with E-state index in [1.807, 2.05) is 6.92 Å². The van der Waals surface area contributed by atoms with Gasteiger partial charge in [-0.05, 0) is 44.8 Å². The Labute approximate surface area is 149 Å². The molecule has 0 bridgehead atoms. The van der Waals surface area contributed by atoms with Crippen LogP contribution in [0.15, 0.2) is 16.9 Å². The van der Waals surface area contributed by atoms with Gasteiger partial charge < -0.3 is 19.5 Å². The minimum Gasteiger partial charge on any atom is -0.375 e. The molecule has 1 aromatic heterocycles. The van der Waals surface area contributed by atoms with Crippen molar-refractivity contribution in [3.8, 4) is 0 Å². The third-order valence-corrected chi connectivity index (χ3v) is 5.17. The molecule has 6 nitrogen and oxygen atoms in total. The lowest BCUT2D eigenvalue weighted by atomic mass is 10.1. The van der Waals surface area contributed by atoms with Gasteiger partial charge in [-0.15, -0.1) is 0 Å². The number of nitrogens with one attached hydrogen (secondary N) is 1. The van der Waals surface area contributed by atoms with Crippen molar-refractivity contribution >= 4 is 5.91 Å². The van der Waals surface area contributed by atoms with Crippen LogP contribution in [0.5, 0.6) is 0 Å². The van der Waals surface area contributed by atoms with E-state index in [1.54, 1.807) is 11.0 Å². The van der Waals surface area contributed by atoms with Crippen LogP contribution in [0, 0.1) is 0 Å². The van der Waals surface area contributed by atoms with Gasteiger partial charge in [0.15, 0.2) is 0 Å². The van der Waals surface area contributed by atoms with Gasteiger partial charge in [-0.1, -0.05) is 13.3 Å². The van der Waals surface area contributed by atoms with Crippen LogP contribution in [0.25, 0.3) is 0 Å². The van der Waals surface area contributed by atoms with Crippen LogP contribution >= 0.6 is 0 Å². The summed E-state index contributed by atoms with van der Waals surface area (Å²) >= 11 is 0. The maximum absolute atomic E-state index is 12.6. The van der Waals surface area contributed by atoms with Crippen molar-refractivity contribution in [2.45, 2.75) is 45.1 Å². The molecular weight excluding hydrogens is 318 g/mol. The molecule has 1 N–H and O–H groups in total. The first-order valence-corrected chi connectivity index (χ1v) is 9.52. The number of H-pyrrole nitrogens is 1. The van der Waals surface area contributed by atoms with Gasteiger partial charge in [0.05, 0.1) is 12.7 Å². The van der Waals surface area contributed by atoms with Crippen LogP contribution < -0.4 is 5.56 Å². The summed E-state index contributed by atoms with van der Waals surface area (Å²) in [5.74, 6) is -0.0667. The maximum Gasteiger partial charge on any atom is 0.254 e. The largest absolute Gasteiger partial charge is 0.375 e. The lowest BCUT2D eigenvalue weighted by Gasteiger charge is -2.26. The van der Waals surface area contributed by atoms with Gasteiger partial charge >= 0.3 is 0 Å². The van der Waals surface area contributed by atoms with Crippen LogP contribution in [0.2, 0.25) is 0 Å². The summed E-state index contributed by atoms with van der Waals surface area (Å²) in [7, 11) is 0. The van der Waals surface area contributed by atoms with Gasteiger partial charge in [-0.3, -0.25) is 9.59 Å². The second kappa shape index (κ2) is 8.63. The van der Waals surface area contributed by atoms with Crippen LogP contribution in [0.4, 0.5) is 0 Å². The van der Waals surface area contributed by atoms with E-state index < -0.39 is 0 Å². The zero-order valence-corrected chi connectivity index (χ0v) is 15.1. The number of carbonyl (C=O) groups is 1. The third kappa shape index (κ3) is 4.92. The summed E-state index contributed by atoms with van der Waals surface area (Å²) in [6.07, 6.45) is 5.62. The summed E-state index contributed by atoms with van der Waals surface area (Å²) in [5.41, 5.74) is 1.06. The Bertz CT molecular complexity index is 637. The number of carbonyl (C=O) groups excluding carboxylic acids is 1. The Balaban J connectivity index is 1.47. The van der Waals surface area contributed by atoms with Crippen molar-refractivity contribution in [3.05, 3.63) is 33.7 Å².